The second-order valence-electron chi connectivity index (χ2n) is 21.3. The first-order chi connectivity index (χ1) is 35.6. The minimum absolute atomic E-state index is 0.0358. The molecule has 3 aliphatic heterocycles. The lowest BCUT2D eigenvalue weighted by atomic mass is 9.90. The molecule has 0 spiro atoms. The molecule has 3 N–H and O–H groups in total. The van der Waals surface area contributed by atoms with Crippen molar-refractivity contribution >= 4 is 56.0 Å². The summed E-state index contributed by atoms with van der Waals surface area (Å²) in [7, 11) is -3.93. The third-order valence-electron chi connectivity index (χ3n) is 15.3. The molecule has 1 atom stereocenters. The van der Waals surface area contributed by atoms with Gasteiger partial charge in [0, 0.05) is 106 Å². The summed E-state index contributed by atoms with van der Waals surface area (Å²) in [5.41, 5.74) is 3.69. The molecule has 1 aliphatic carbocycles. The number of aromatic nitrogens is 4. The van der Waals surface area contributed by atoms with Crippen LogP contribution in [0.3, 0.4) is 0 Å². The van der Waals surface area contributed by atoms with Crippen molar-refractivity contribution in [2.75, 3.05) is 64.6 Å². The van der Waals surface area contributed by atoms with Gasteiger partial charge in [-0.2, -0.15) is 26.3 Å². The number of amides is 2. The van der Waals surface area contributed by atoms with E-state index in [0.717, 1.165) is 25.0 Å². The third-order valence-corrected chi connectivity index (χ3v) is 17.9. The lowest BCUT2D eigenvalue weighted by Gasteiger charge is -2.47. The number of carbonyl (C=O) groups is 2. The van der Waals surface area contributed by atoms with Crippen molar-refractivity contribution in [3.05, 3.63) is 112 Å². The molecule has 2 amide bonds. The van der Waals surface area contributed by atoms with E-state index in [1.54, 1.807) is 47.4 Å². The highest BCUT2D eigenvalue weighted by molar-refractivity contribution is 7.93. The molecule has 4 aliphatic rings. The minimum Gasteiger partial charge on any atom is -0.392 e. The zero-order valence-electron chi connectivity index (χ0n) is 42.9. The van der Waals surface area contributed by atoms with Crippen LogP contribution in [0.2, 0.25) is 0 Å². The van der Waals surface area contributed by atoms with Crippen molar-refractivity contribution < 1.29 is 49.5 Å². The van der Waals surface area contributed by atoms with Gasteiger partial charge in [0.15, 0.2) is 20.4 Å². The second-order valence-corrected chi connectivity index (χ2v) is 23.8. The number of nitrogens with zero attached hydrogens (tertiary/aromatic N) is 8. The van der Waals surface area contributed by atoms with E-state index >= 15 is 0 Å². The topological polar surface area (TPSA) is 178 Å². The minimum atomic E-state index is -5.50. The normalized spacial score (nSPS) is 18.7. The highest BCUT2D eigenvalue weighted by Gasteiger charge is 2.58. The van der Waals surface area contributed by atoms with Crippen LogP contribution in [0, 0.1) is 5.41 Å². The zero-order chi connectivity index (χ0) is 55.0. The average Bonchev–Trinajstić information content (AvgIpc) is 3.86. The Morgan fingerprint density at radius 1 is 0.947 bits per heavy atom. The smallest absolute Gasteiger partial charge is 0.392 e. The molecule has 0 saturated carbocycles. The molecule has 23 heteroatoms. The quantitative estimate of drug-likeness (QED) is 0.0810. The number of rotatable bonds is 12. The summed E-state index contributed by atoms with van der Waals surface area (Å²) in [5, 5.41) is 16.9. The number of anilines is 6. The predicted octanol–water partition coefficient (Wildman–Crippen LogP) is 8.10. The maximum Gasteiger partial charge on any atom is 0.417 e. The maximum atomic E-state index is 14.3. The Morgan fingerprint density at radius 3 is 2.33 bits per heavy atom. The van der Waals surface area contributed by atoms with Gasteiger partial charge in [0.25, 0.3) is 11.5 Å². The van der Waals surface area contributed by atoms with Crippen LogP contribution in [0.4, 0.5) is 60.7 Å². The first kappa shape index (κ1) is 54.1. The number of aliphatic hydroxyl groups excluding tert-OH is 1. The monoisotopic (exact) mass is 1080 g/mol. The number of sulfone groups is 1. The summed E-state index contributed by atoms with van der Waals surface area (Å²) >= 11 is 0. The van der Waals surface area contributed by atoms with Crippen LogP contribution in [0.25, 0.3) is 11.3 Å². The third kappa shape index (κ3) is 9.84. The molecular weight excluding hydrogens is 1020 g/mol. The van der Waals surface area contributed by atoms with Gasteiger partial charge >= 0.3 is 12.4 Å². The molecule has 5 aromatic rings. The van der Waals surface area contributed by atoms with Crippen molar-refractivity contribution in [3.63, 3.8) is 0 Å². The maximum absolute atomic E-state index is 14.3. The molecule has 6 heterocycles. The van der Waals surface area contributed by atoms with Gasteiger partial charge < -0.3 is 34.7 Å². The van der Waals surface area contributed by atoms with E-state index in [1.165, 1.54) is 15.8 Å². The SMILES string of the molecule is C=CC(=O)Nc1cc(Nc2nc(-c3ccnc(N4CCn5c(cc6c5CC(C)(C)C6)C4=O)c3CO)cn(C)c2=O)ccc1N1CCN(C2CCN(c3ccc(S(=O)(=O)C(C)(C)C(F)(F)F)c(C(F)(F)F)c3)CC2)C[C@@H]1C. The highest BCUT2D eigenvalue weighted by Crippen LogP contribution is 2.46. The lowest BCUT2D eigenvalue weighted by Crippen LogP contribution is -2.57. The summed E-state index contributed by atoms with van der Waals surface area (Å²) in [6.07, 6.45) is -3.50. The summed E-state index contributed by atoms with van der Waals surface area (Å²) in [5.74, 6) is -0.448. The number of fused-ring (bicyclic) bond motifs is 3. The van der Waals surface area contributed by atoms with Crippen LogP contribution in [-0.4, -0.2) is 112 Å². The number of pyridine rings is 1. The molecular formula is C53H60F6N10O6S. The van der Waals surface area contributed by atoms with Gasteiger partial charge in [-0.25, -0.2) is 18.4 Å². The number of halogens is 6. The Bertz CT molecular complexity index is 3310. The lowest BCUT2D eigenvalue weighted by molar-refractivity contribution is -0.153. The summed E-state index contributed by atoms with van der Waals surface area (Å²) in [6.45, 7) is 13.5. The van der Waals surface area contributed by atoms with Crippen LogP contribution in [-0.2, 0) is 53.8 Å². The molecule has 2 saturated heterocycles. The van der Waals surface area contributed by atoms with Crippen molar-refractivity contribution in [3.8, 4) is 11.3 Å². The standard InChI is InChI=1S/C53H60F6N10O6S/c1-8-45(71)62-39-24-33(61-46-49(73)64(7)29-40(63-46)36-13-16-60-47(37(36)30-70)69-22-21-68-42(48(69)72)23-32-26-50(3,4)27-43(32)68)9-11-41(39)67-20-19-66(28-31(67)2)34-14-17-65(18-15-34)35-10-12-44(38(25-35)52(54,55)56)76(74,75)51(5,6)53(57,58)59/h8-13,16,23-25,29,31,34,70H,1,14-15,17-22,26-28,30H2,2-7H3,(H,61,63)(H,62,71)/t31-/m0/s1. The molecule has 2 fully saturated rings. The van der Waals surface area contributed by atoms with Gasteiger partial charge in [-0.05, 0) is 112 Å². The van der Waals surface area contributed by atoms with Gasteiger partial charge in [0.2, 0.25) is 5.91 Å². The van der Waals surface area contributed by atoms with E-state index in [-0.39, 0.29) is 34.9 Å². The molecule has 16 nitrogen and oxygen atoms in total. The number of nitrogens with one attached hydrogen (secondary N) is 2. The van der Waals surface area contributed by atoms with Crippen molar-refractivity contribution in [1.82, 2.24) is 24.0 Å². The van der Waals surface area contributed by atoms with E-state index < -0.39 is 55.5 Å². The van der Waals surface area contributed by atoms with E-state index in [1.807, 2.05) is 19.1 Å². The summed E-state index contributed by atoms with van der Waals surface area (Å²) in [6, 6.07) is 11.2. The summed E-state index contributed by atoms with van der Waals surface area (Å²) < 4.78 is 110. The second kappa shape index (κ2) is 19.7. The summed E-state index contributed by atoms with van der Waals surface area (Å²) in [4.78, 5) is 56.2. The van der Waals surface area contributed by atoms with E-state index in [9.17, 15) is 54.3 Å². The Labute approximate surface area is 435 Å². The van der Waals surface area contributed by atoms with Gasteiger partial charge in [-0.15, -0.1) is 0 Å². The van der Waals surface area contributed by atoms with Crippen molar-refractivity contribution in [1.29, 1.82) is 0 Å². The van der Waals surface area contributed by atoms with E-state index in [0.29, 0.717) is 130 Å². The van der Waals surface area contributed by atoms with E-state index in [4.69, 9.17) is 4.98 Å². The van der Waals surface area contributed by atoms with Crippen LogP contribution in [0.5, 0.6) is 0 Å². The zero-order valence-corrected chi connectivity index (χ0v) is 43.8. The van der Waals surface area contributed by atoms with Crippen molar-refractivity contribution in [2.45, 2.75) is 108 Å². The van der Waals surface area contributed by atoms with Crippen molar-refractivity contribution in [2.24, 2.45) is 12.5 Å². The van der Waals surface area contributed by atoms with E-state index in [2.05, 4.69) is 50.4 Å². The highest BCUT2D eigenvalue weighted by atomic mass is 32.2. The first-order valence-electron chi connectivity index (χ1n) is 25.0. The number of alkyl halides is 6. The molecule has 0 radical (unpaired) electrons. The Hall–Kier alpha value is -6.72. The van der Waals surface area contributed by atoms with Crippen LogP contribution < -0.4 is 30.9 Å². The number of benzene rings is 2. The molecule has 2 aromatic carbocycles. The fraction of sp³-hybridized carbons (Fsp3) is 0.453. The Balaban J connectivity index is 0.898. The van der Waals surface area contributed by atoms with Crippen LogP contribution >= 0.6 is 0 Å². The largest absolute Gasteiger partial charge is 0.417 e. The van der Waals surface area contributed by atoms with Crippen LogP contribution in [0.15, 0.2) is 83.3 Å². The number of carbonyl (C=O) groups excluding carboxylic acids is 2. The molecule has 9 rings (SSSR count). The molecule has 3 aromatic heterocycles. The molecule has 0 bridgehead atoms. The Kier molecular flexibility index (Phi) is 14.0. The van der Waals surface area contributed by atoms with Crippen LogP contribution in [0.1, 0.15) is 80.3 Å². The molecule has 76 heavy (non-hydrogen) atoms. The number of hydrogen-bond acceptors (Lipinski definition) is 12. The van der Waals surface area contributed by atoms with Gasteiger partial charge in [0.05, 0.1) is 34.1 Å². The van der Waals surface area contributed by atoms with Gasteiger partial charge in [-0.3, -0.25) is 24.2 Å². The van der Waals surface area contributed by atoms with Gasteiger partial charge in [-0.1, -0.05) is 20.4 Å². The van der Waals surface area contributed by atoms with Gasteiger partial charge in [0.1, 0.15) is 11.5 Å². The average molecular weight is 1080 g/mol. The Morgan fingerprint density at radius 2 is 1.67 bits per heavy atom. The molecule has 0 unspecified atom stereocenters. The molecule has 406 valence electrons. The number of piperazine rings is 1. The number of aliphatic hydroxyl groups is 1. The number of aryl methyl sites for hydroxylation is 1. The predicted molar refractivity (Wildman–Crippen MR) is 277 cm³/mol. The number of hydrogen-bond donors (Lipinski definition) is 3. The number of piperidine rings is 1. The fourth-order valence-electron chi connectivity index (χ4n) is 11.1. The first-order valence-corrected chi connectivity index (χ1v) is 26.4. The fourth-order valence-corrected chi connectivity index (χ4v) is 12.7.